The first kappa shape index (κ1) is 18.3. The van der Waals surface area contributed by atoms with Gasteiger partial charge in [-0.15, -0.1) is 0 Å². The molecule has 1 aromatic carbocycles. The molecule has 2 fully saturated rings. The zero-order valence-corrected chi connectivity index (χ0v) is 16.3. The maximum atomic E-state index is 11.7. The molecule has 1 aliphatic heterocycles. The molecule has 1 saturated heterocycles. The van der Waals surface area contributed by atoms with Crippen molar-refractivity contribution in [1.82, 2.24) is 14.6 Å². The minimum absolute atomic E-state index is 0.0854. The van der Waals surface area contributed by atoms with Crippen LogP contribution in [0.4, 0.5) is 0 Å². The Hall–Kier alpha value is -1.12. The van der Waals surface area contributed by atoms with Gasteiger partial charge in [0.2, 0.25) is 10.0 Å². The van der Waals surface area contributed by atoms with E-state index in [1.807, 2.05) is 24.3 Å². The van der Waals surface area contributed by atoms with E-state index in [0.29, 0.717) is 24.0 Å². The number of rotatable bonds is 5. The van der Waals surface area contributed by atoms with E-state index in [0.717, 1.165) is 42.3 Å². The molecular weight excluding hydrogens is 374 g/mol. The lowest BCUT2D eigenvalue weighted by molar-refractivity contribution is 0.0864. The van der Waals surface area contributed by atoms with Crippen molar-refractivity contribution in [3.8, 4) is 0 Å². The fourth-order valence-corrected chi connectivity index (χ4v) is 5.22. The molecule has 0 amide bonds. The van der Waals surface area contributed by atoms with Gasteiger partial charge in [0.25, 0.3) is 0 Å². The summed E-state index contributed by atoms with van der Waals surface area (Å²) in [4.78, 5) is 3.24. The zero-order valence-electron chi connectivity index (χ0n) is 14.7. The Morgan fingerprint density at radius 3 is 2.62 bits per heavy atom. The van der Waals surface area contributed by atoms with Gasteiger partial charge in [-0.3, -0.25) is 5.32 Å². The Morgan fingerprint density at radius 2 is 2.00 bits per heavy atom. The number of piperidine rings is 1. The van der Waals surface area contributed by atoms with Crippen LogP contribution in [0.1, 0.15) is 37.6 Å². The fraction of sp³-hybridized carbons (Fsp3) is 0.556. The number of nitrogens with zero attached hydrogens (tertiary/aromatic N) is 1. The summed E-state index contributed by atoms with van der Waals surface area (Å²) in [6.45, 7) is 1.13. The lowest BCUT2D eigenvalue weighted by Gasteiger charge is -2.36. The molecule has 2 aromatic rings. The first-order valence-electron chi connectivity index (χ1n) is 8.96. The molecule has 6 nitrogen and oxygen atoms in total. The van der Waals surface area contributed by atoms with Gasteiger partial charge in [0, 0.05) is 34.6 Å². The van der Waals surface area contributed by atoms with E-state index >= 15 is 0 Å². The molecule has 142 valence electrons. The first-order chi connectivity index (χ1) is 12.3. The third kappa shape index (κ3) is 3.51. The van der Waals surface area contributed by atoms with E-state index in [-0.39, 0.29) is 5.54 Å². The monoisotopic (exact) mass is 397 g/mol. The summed E-state index contributed by atoms with van der Waals surface area (Å²) in [6.07, 6.45) is 4.17. The molecule has 2 heterocycles. The van der Waals surface area contributed by atoms with Crippen molar-refractivity contribution < 1.29 is 13.5 Å². The Bertz CT molecular complexity index is 915. The van der Waals surface area contributed by atoms with Gasteiger partial charge in [-0.05, 0) is 55.9 Å². The summed E-state index contributed by atoms with van der Waals surface area (Å²) >= 11 is 6.03. The van der Waals surface area contributed by atoms with Crippen molar-refractivity contribution >= 4 is 32.5 Å². The van der Waals surface area contributed by atoms with Gasteiger partial charge in [-0.2, -0.15) is 0 Å². The largest absolute Gasteiger partial charge is 0.373 e. The molecule has 3 N–H and O–H groups in total. The summed E-state index contributed by atoms with van der Waals surface area (Å²) in [6, 6.07) is 7.52. The number of aromatic amines is 1. The SMILES string of the molecule is CS(=O)(=O)N1CCC(C2(NC(O)c3cc4cc(Cl)ccc4[nH]3)CC2)CC1. The van der Waals surface area contributed by atoms with E-state index < -0.39 is 16.3 Å². The van der Waals surface area contributed by atoms with Gasteiger partial charge in [0.05, 0.1) is 11.9 Å². The van der Waals surface area contributed by atoms with Crippen molar-refractivity contribution in [1.29, 1.82) is 0 Å². The highest BCUT2D eigenvalue weighted by atomic mass is 35.5. The van der Waals surface area contributed by atoms with Crippen LogP contribution >= 0.6 is 11.6 Å². The highest BCUT2D eigenvalue weighted by Crippen LogP contribution is 2.48. The summed E-state index contributed by atoms with van der Waals surface area (Å²) in [7, 11) is -3.11. The minimum Gasteiger partial charge on any atom is -0.373 e. The van der Waals surface area contributed by atoms with Gasteiger partial charge >= 0.3 is 0 Å². The summed E-state index contributed by atoms with van der Waals surface area (Å²) in [5.74, 6) is 0.383. The Balaban J connectivity index is 1.44. The van der Waals surface area contributed by atoms with E-state index in [2.05, 4.69) is 10.3 Å². The van der Waals surface area contributed by atoms with Gasteiger partial charge < -0.3 is 10.1 Å². The highest BCUT2D eigenvalue weighted by Gasteiger charge is 2.51. The second-order valence-electron chi connectivity index (χ2n) is 7.60. The van der Waals surface area contributed by atoms with Crippen LogP contribution < -0.4 is 5.32 Å². The lowest BCUT2D eigenvalue weighted by atomic mass is 9.88. The molecule has 4 rings (SSSR count). The molecule has 0 spiro atoms. The number of fused-ring (bicyclic) bond motifs is 1. The van der Waals surface area contributed by atoms with E-state index in [9.17, 15) is 13.5 Å². The van der Waals surface area contributed by atoms with Crippen LogP contribution in [0.3, 0.4) is 0 Å². The topological polar surface area (TPSA) is 85.4 Å². The molecule has 1 aromatic heterocycles. The van der Waals surface area contributed by atoms with E-state index in [4.69, 9.17) is 11.6 Å². The number of sulfonamides is 1. The van der Waals surface area contributed by atoms with Crippen LogP contribution in [-0.4, -0.2) is 47.7 Å². The van der Waals surface area contributed by atoms with Crippen LogP contribution in [0.25, 0.3) is 10.9 Å². The number of aliphatic hydroxyl groups excluding tert-OH is 1. The quantitative estimate of drug-likeness (QED) is 0.677. The van der Waals surface area contributed by atoms with Crippen LogP contribution in [0.15, 0.2) is 24.3 Å². The second kappa shape index (κ2) is 6.49. The molecule has 0 bridgehead atoms. The van der Waals surface area contributed by atoms with E-state index in [1.54, 1.807) is 4.31 Å². The van der Waals surface area contributed by atoms with Crippen LogP contribution in [-0.2, 0) is 10.0 Å². The molecule has 1 aliphatic carbocycles. The fourth-order valence-electron chi connectivity index (χ4n) is 4.17. The van der Waals surface area contributed by atoms with Gasteiger partial charge in [0.1, 0.15) is 6.23 Å². The second-order valence-corrected chi connectivity index (χ2v) is 10.0. The molecule has 1 unspecified atom stereocenters. The van der Waals surface area contributed by atoms with E-state index in [1.165, 1.54) is 6.26 Å². The van der Waals surface area contributed by atoms with Gasteiger partial charge in [-0.25, -0.2) is 12.7 Å². The third-order valence-electron chi connectivity index (χ3n) is 5.82. The number of hydrogen-bond acceptors (Lipinski definition) is 4. The summed E-state index contributed by atoms with van der Waals surface area (Å²) in [5.41, 5.74) is 1.58. The standard InChI is InChI=1S/C18H24ClN3O3S/c1-26(24,25)22-8-4-13(5-9-22)18(6-7-18)21-17(23)16-11-12-10-14(19)2-3-15(12)20-16/h2-3,10-11,13,17,20-21,23H,4-9H2,1H3. The molecule has 1 saturated carbocycles. The summed E-state index contributed by atoms with van der Waals surface area (Å²) in [5, 5.41) is 15.7. The van der Waals surface area contributed by atoms with Crippen molar-refractivity contribution in [3.05, 3.63) is 35.0 Å². The zero-order chi connectivity index (χ0) is 18.5. The molecule has 26 heavy (non-hydrogen) atoms. The average Bonchev–Trinajstić information content (AvgIpc) is 3.24. The maximum Gasteiger partial charge on any atom is 0.211 e. The van der Waals surface area contributed by atoms with Crippen LogP contribution in [0, 0.1) is 5.92 Å². The first-order valence-corrected chi connectivity index (χ1v) is 11.2. The molecule has 1 atom stereocenters. The molecule has 2 aliphatic rings. The van der Waals surface area contributed by atoms with Gasteiger partial charge in [-0.1, -0.05) is 11.6 Å². The minimum atomic E-state index is -3.11. The Morgan fingerprint density at radius 1 is 1.31 bits per heavy atom. The number of hydrogen-bond donors (Lipinski definition) is 3. The number of H-pyrrole nitrogens is 1. The van der Waals surface area contributed by atoms with Crippen LogP contribution in [0.5, 0.6) is 0 Å². The van der Waals surface area contributed by atoms with Crippen molar-refractivity contribution in [3.63, 3.8) is 0 Å². The predicted molar refractivity (Wildman–Crippen MR) is 103 cm³/mol. The smallest absolute Gasteiger partial charge is 0.211 e. The van der Waals surface area contributed by atoms with Crippen molar-refractivity contribution in [2.24, 2.45) is 5.92 Å². The number of aliphatic hydroxyl groups is 1. The summed E-state index contributed by atoms with van der Waals surface area (Å²) < 4.78 is 24.9. The number of halogens is 1. The normalized spacial score (nSPS) is 22.6. The molecular formula is C18H24ClN3O3S. The predicted octanol–water partition coefficient (Wildman–Crippen LogP) is 2.61. The molecule has 0 radical (unpaired) electrons. The Labute approximate surface area is 158 Å². The highest BCUT2D eigenvalue weighted by molar-refractivity contribution is 7.88. The Kier molecular flexibility index (Phi) is 4.56. The maximum absolute atomic E-state index is 11.7. The van der Waals surface area contributed by atoms with Gasteiger partial charge in [0.15, 0.2) is 0 Å². The lowest BCUT2D eigenvalue weighted by Crippen LogP contribution is -2.47. The number of nitrogens with one attached hydrogen (secondary N) is 2. The average molecular weight is 398 g/mol. The van der Waals surface area contributed by atoms with Crippen molar-refractivity contribution in [2.75, 3.05) is 19.3 Å². The van der Waals surface area contributed by atoms with Crippen molar-refractivity contribution in [2.45, 2.75) is 37.5 Å². The number of aromatic nitrogens is 1. The number of benzene rings is 1. The molecule has 8 heteroatoms. The third-order valence-corrected chi connectivity index (χ3v) is 7.35. The van der Waals surface area contributed by atoms with Crippen LogP contribution in [0.2, 0.25) is 5.02 Å².